The first kappa shape index (κ1) is 17.0. The molecular formula is C17H13ClFNO5. The van der Waals surface area contributed by atoms with Crippen LogP contribution in [0.4, 0.5) is 10.1 Å². The maximum Gasteiger partial charge on any atom is 0.339 e. The minimum absolute atomic E-state index is 0.0139. The molecule has 0 fully saturated rings. The van der Waals surface area contributed by atoms with Gasteiger partial charge in [0.1, 0.15) is 5.82 Å². The molecule has 1 aliphatic heterocycles. The Hall–Kier alpha value is -2.80. The Morgan fingerprint density at radius 1 is 1.28 bits per heavy atom. The summed E-state index contributed by atoms with van der Waals surface area (Å²) in [6, 6.07) is 8.18. The van der Waals surface area contributed by atoms with Crippen molar-refractivity contribution in [2.75, 3.05) is 12.1 Å². The lowest BCUT2D eigenvalue weighted by molar-refractivity contribution is -0.123. The zero-order valence-corrected chi connectivity index (χ0v) is 13.8. The molecule has 1 amide bonds. The number of ether oxygens (including phenoxy) is 3. The van der Waals surface area contributed by atoms with E-state index in [4.69, 9.17) is 25.8 Å². The summed E-state index contributed by atoms with van der Waals surface area (Å²) in [7, 11) is 0. The quantitative estimate of drug-likeness (QED) is 0.841. The van der Waals surface area contributed by atoms with E-state index < -0.39 is 23.8 Å². The smallest absolute Gasteiger partial charge is 0.339 e. The van der Waals surface area contributed by atoms with Crippen molar-refractivity contribution in [3.05, 3.63) is 52.8 Å². The maximum atomic E-state index is 13.1. The van der Waals surface area contributed by atoms with E-state index in [0.717, 1.165) is 6.07 Å². The molecule has 0 aromatic heterocycles. The van der Waals surface area contributed by atoms with Crippen LogP contribution in [0.25, 0.3) is 0 Å². The van der Waals surface area contributed by atoms with E-state index in [1.165, 1.54) is 37.3 Å². The second-order valence-corrected chi connectivity index (χ2v) is 5.65. The summed E-state index contributed by atoms with van der Waals surface area (Å²) in [5, 5.41) is 2.67. The highest BCUT2D eigenvalue weighted by Crippen LogP contribution is 2.39. The van der Waals surface area contributed by atoms with E-state index in [1.807, 2.05) is 0 Å². The molecule has 0 radical (unpaired) electrons. The van der Waals surface area contributed by atoms with Crippen molar-refractivity contribution in [2.24, 2.45) is 0 Å². The van der Waals surface area contributed by atoms with E-state index in [9.17, 15) is 14.0 Å². The summed E-state index contributed by atoms with van der Waals surface area (Å²) >= 11 is 6.01. The molecule has 8 heteroatoms. The minimum Gasteiger partial charge on any atom is -0.454 e. The number of anilines is 1. The van der Waals surface area contributed by atoms with E-state index in [1.54, 1.807) is 0 Å². The van der Waals surface area contributed by atoms with Gasteiger partial charge < -0.3 is 19.5 Å². The van der Waals surface area contributed by atoms with Crippen molar-refractivity contribution in [1.29, 1.82) is 0 Å². The Morgan fingerprint density at radius 2 is 2.08 bits per heavy atom. The summed E-state index contributed by atoms with van der Waals surface area (Å²) in [6.07, 6.45) is -1.10. The fourth-order valence-corrected chi connectivity index (χ4v) is 2.44. The second kappa shape index (κ2) is 6.98. The first-order valence-corrected chi connectivity index (χ1v) is 7.68. The molecule has 130 valence electrons. The van der Waals surface area contributed by atoms with Crippen LogP contribution in [0, 0.1) is 5.82 Å². The molecule has 0 aliphatic carbocycles. The number of halogens is 2. The zero-order chi connectivity index (χ0) is 18.0. The summed E-state index contributed by atoms with van der Waals surface area (Å²) in [4.78, 5) is 24.3. The molecule has 1 atom stereocenters. The number of carbonyl (C=O) groups excluding carboxylic acids is 2. The van der Waals surface area contributed by atoms with Gasteiger partial charge in [0, 0.05) is 5.69 Å². The highest BCUT2D eigenvalue weighted by Gasteiger charge is 2.24. The van der Waals surface area contributed by atoms with Crippen molar-refractivity contribution in [1.82, 2.24) is 0 Å². The fourth-order valence-electron chi connectivity index (χ4n) is 2.18. The van der Waals surface area contributed by atoms with Gasteiger partial charge in [-0.25, -0.2) is 9.18 Å². The third-order valence-electron chi connectivity index (χ3n) is 3.41. The monoisotopic (exact) mass is 365 g/mol. The molecule has 2 aromatic carbocycles. The van der Waals surface area contributed by atoms with Crippen LogP contribution < -0.4 is 14.8 Å². The van der Waals surface area contributed by atoms with Gasteiger partial charge in [0.2, 0.25) is 6.79 Å². The van der Waals surface area contributed by atoms with Gasteiger partial charge >= 0.3 is 5.97 Å². The van der Waals surface area contributed by atoms with E-state index in [-0.39, 0.29) is 23.1 Å². The van der Waals surface area contributed by atoms with Gasteiger partial charge in [0.15, 0.2) is 17.6 Å². The number of amides is 1. The summed E-state index contributed by atoms with van der Waals surface area (Å²) in [5.41, 5.74) is 0.388. The van der Waals surface area contributed by atoms with Crippen LogP contribution in [-0.4, -0.2) is 24.8 Å². The molecule has 6 nitrogen and oxygen atoms in total. The van der Waals surface area contributed by atoms with Gasteiger partial charge in [-0.05, 0) is 37.3 Å². The predicted octanol–water partition coefficient (Wildman–Crippen LogP) is 3.39. The lowest BCUT2D eigenvalue weighted by Gasteiger charge is -2.14. The molecule has 0 unspecified atom stereocenters. The van der Waals surface area contributed by atoms with Gasteiger partial charge in [-0.1, -0.05) is 17.7 Å². The van der Waals surface area contributed by atoms with Gasteiger partial charge in [-0.3, -0.25) is 4.79 Å². The molecule has 0 saturated carbocycles. The molecule has 0 spiro atoms. The lowest BCUT2D eigenvalue weighted by Crippen LogP contribution is -2.30. The Morgan fingerprint density at radius 3 is 2.84 bits per heavy atom. The number of benzene rings is 2. The number of carbonyl (C=O) groups is 2. The number of hydrogen-bond donors (Lipinski definition) is 1. The molecule has 2 aromatic rings. The van der Waals surface area contributed by atoms with Crippen LogP contribution in [0.15, 0.2) is 36.4 Å². The third-order valence-corrected chi connectivity index (χ3v) is 3.69. The zero-order valence-electron chi connectivity index (χ0n) is 13.0. The summed E-state index contributed by atoms with van der Waals surface area (Å²) in [6.45, 7) is 1.42. The highest BCUT2D eigenvalue weighted by molar-refractivity contribution is 6.32. The van der Waals surface area contributed by atoms with Crippen molar-refractivity contribution < 1.29 is 28.2 Å². The molecular weight excluding hydrogens is 353 g/mol. The number of nitrogens with one attached hydrogen (secondary N) is 1. The number of hydrogen-bond acceptors (Lipinski definition) is 5. The molecule has 1 aliphatic rings. The normalized spacial score (nSPS) is 13.2. The number of rotatable bonds is 4. The van der Waals surface area contributed by atoms with Crippen molar-refractivity contribution in [3.63, 3.8) is 0 Å². The van der Waals surface area contributed by atoms with Gasteiger partial charge in [0.05, 0.1) is 10.6 Å². The van der Waals surface area contributed by atoms with Crippen LogP contribution in [0.5, 0.6) is 11.5 Å². The Balaban J connectivity index is 1.66. The van der Waals surface area contributed by atoms with Crippen LogP contribution in [-0.2, 0) is 9.53 Å². The Kier molecular flexibility index (Phi) is 4.76. The van der Waals surface area contributed by atoms with E-state index >= 15 is 0 Å². The van der Waals surface area contributed by atoms with Crippen molar-refractivity contribution in [2.45, 2.75) is 13.0 Å². The van der Waals surface area contributed by atoms with Crippen molar-refractivity contribution in [3.8, 4) is 11.5 Å². The maximum absolute atomic E-state index is 13.1. The summed E-state index contributed by atoms with van der Waals surface area (Å²) in [5.74, 6) is -1.14. The first-order chi connectivity index (χ1) is 11.9. The molecule has 25 heavy (non-hydrogen) atoms. The van der Waals surface area contributed by atoms with Crippen LogP contribution >= 0.6 is 11.6 Å². The first-order valence-electron chi connectivity index (χ1n) is 7.30. The highest BCUT2D eigenvalue weighted by atomic mass is 35.5. The molecule has 3 rings (SSSR count). The average Bonchev–Trinajstić information content (AvgIpc) is 3.03. The Bertz CT molecular complexity index is 842. The molecule has 0 bridgehead atoms. The largest absolute Gasteiger partial charge is 0.454 e. The number of fused-ring (bicyclic) bond motifs is 1. The average molecular weight is 366 g/mol. The van der Waals surface area contributed by atoms with Crippen LogP contribution in [0.3, 0.4) is 0 Å². The predicted molar refractivity (Wildman–Crippen MR) is 87.5 cm³/mol. The third kappa shape index (κ3) is 3.83. The van der Waals surface area contributed by atoms with Crippen LogP contribution in [0.1, 0.15) is 17.3 Å². The van der Waals surface area contributed by atoms with Crippen molar-refractivity contribution >= 4 is 29.2 Å². The van der Waals surface area contributed by atoms with Gasteiger partial charge in [0.25, 0.3) is 5.91 Å². The Labute approximate surface area is 147 Å². The molecule has 1 heterocycles. The lowest BCUT2D eigenvalue weighted by atomic mass is 10.2. The van der Waals surface area contributed by atoms with Gasteiger partial charge in [-0.2, -0.15) is 0 Å². The topological polar surface area (TPSA) is 73.9 Å². The fraction of sp³-hybridized carbons (Fsp3) is 0.176. The van der Waals surface area contributed by atoms with E-state index in [0.29, 0.717) is 11.5 Å². The van der Waals surface area contributed by atoms with Crippen LogP contribution in [0.2, 0.25) is 5.02 Å². The molecule has 1 N–H and O–H groups in total. The minimum atomic E-state index is -1.10. The second-order valence-electron chi connectivity index (χ2n) is 5.24. The molecule has 0 saturated heterocycles. The number of esters is 1. The van der Waals surface area contributed by atoms with Gasteiger partial charge in [-0.15, -0.1) is 0 Å². The van der Waals surface area contributed by atoms with E-state index in [2.05, 4.69) is 5.32 Å². The summed E-state index contributed by atoms with van der Waals surface area (Å²) < 4.78 is 28.6. The standard InChI is InChI=1S/C17H13ClFNO5/c1-9(16(21)20-12-4-2-3-11(19)7-12)25-17(22)10-5-13(18)15-14(6-10)23-8-24-15/h2-7,9H,8H2,1H3,(H,20,21)/t9-/m1/s1. The SMILES string of the molecule is C[C@@H](OC(=O)c1cc(Cl)c2c(c1)OCO2)C(=O)Nc1cccc(F)c1.